The van der Waals surface area contributed by atoms with Crippen LogP contribution in [0.5, 0.6) is 0 Å². The number of halogens is 2. The molecular formula is C20H23Cl2N3O. The summed E-state index contributed by atoms with van der Waals surface area (Å²) in [4.78, 5) is 16.3. The van der Waals surface area contributed by atoms with E-state index in [-0.39, 0.29) is 6.03 Å². The van der Waals surface area contributed by atoms with Crippen LogP contribution in [0.2, 0.25) is 10.0 Å². The molecule has 2 aromatic rings. The topological polar surface area (TPSA) is 35.6 Å². The van der Waals surface area contributed by atoms with Gasteiger partial charge in [-0.25, -0.2) is 4.79 Å². The van der Waals surface area contributed by atoms with Crippen molar-refractivity contribution in [1.29, 1.82) is 0 Å². The van der Waals surface area contributed by atoms with Crippen LogP contribution in [0.25, 0.3) is 0 Å². The highest BCUT2D eigenvalue weighted by molar-refractivity contribution is 6.39. The highest BCUT2D eigenvalue weighted by Gasteiger charge is 2.23. The van der Waals surface area contributed by atoms with Gasteiger partial charge in [0.1, 0.15) is 0 Å². The molecule has 1 fully saturated rings. The quantitative estimate of drug-likeness (QED) is 0.763. The molecule has 3 rings (SSSR count). The van der Waals surface area contributed by atoms with E-state index in [1.165, 1.54) is 5.56 Å². The monoisotopic (exact) mass is 391 g/mol. The molecule has 0 saturated carbocycles. The summed E-state index contributed by atoms with van der Waals surface area (Å²) < 4.78 is 0. The van der Waals surface area contributed by atoms with Gasteiger partial charge in [0.2, 0.25) is 0 Å². The Labute approximate surface area is 164 Å². The van der Waals surface area contributed by atoms with Crippen LogP contribution in [0, 0.1) is 0 Å². The van der Waals surface area contributed by atoms with Crippen LogP contribution in [-0.2, 0) is 6.42 Å². The van der Waals surface area contributed by atoms with Gasteiger partial charge >= 0.3 is 6.03 Å². The van der Waals surface area contributed by atoms with Crippen LogP contribution in [-0.4, -0.2) is 43.7 Å². The summed E-state index contributed by atoms with van der Waals surface area (Å²) >= 11 is 12.6. The molecule has 2 aromatic carbocycles. The van der Waals surface area contributed by atoms with Crippen molar-refractivity contribution in [2.24, 2.45) is 0 Å². The first-order valence-electron chi connectivity index (χ1n) is 8.91. The van der Waals surface area contributed by atoms with Crippen molar-refractivity contribution in [3.05, 3.63) is 64.1 Å². The Kier molecular flexibility index (Phi) is 6.64. The molecule has 1 aliphatic heterocycles. The van der Waals surface area contributed by atoms with E-state index in [0.29, 0.717) is 29.7 Å². The van der Waals surface area contributed by atoms with E-state index < -0.39 is 0 Å². The van der Waals surface area contributed by atoms with Gasteiger partial charge in [0.25, 0.3) is 0 Å². The highest BCUT2D eigenvalue weighted by atomic mass is 35.5. The summed E-state index contributed by atoms with van der Waals surface area (Å²) in [5, 5.41) is 4.32. The zero-order valence-electron chi connectivity index (χ0n) is 14.6. The Balaban J connectivity index is 1.42. The van der Waals surface area contributed by atoms with Crippen molar-refractivity contribution < 1.29 is 4.79 Å². The lowest BCUT2D eigenvalue weighted by Gasteiger charge is -2.36. The number of nitrogens with one attached hydrogen (secondary N) is 1. The first-order chi connectivity index (χ1) is 12.6. The van der Waals surface area contributed by atoms with Crippen molar-refractivity contribution in [2.45, 2.75) is 12.8 Å². The predicted octanol–water partition coefficient (Wildman–Crippen LogP) is 4.46. The van der Waals surface area contributed by atoms with E-state index in [1.54, 1.807) is 0 Å². The fraction of sp³-hybridized carbons (Fsp3) is 0.350. The van der Waals surface area contributed by atoms with E-state index in [9.17, 15) is 4.79 Å². The van der Waals surface area contributed by atoms with Crippen LogP contribution >= 0.6 is 23.2 Å². The number of urea groups is 1. The maximum absolute atomic E-state index is 12.3. The summed E-state index contributed by atoms with van der Waals surface area (Å²) in [7, 11) is 0. The van der Waals surface area contributed by atoms with Crippen molar-refractivity contribution >= 4 is 34.9 Å². The number of amides is 2. The van der Waals surface area contributed by atoms with Crippen molar-refractivity contribution in [3.8, 4) is 0 Å². The number of hydrogen-bond acceptors (Lipinski definition) is 2. The number of anilines is 1. The molecular weight excluding hydrogens is 369 g/mol. The molecule has 26 heavy (non-hydrogen) atoms. The predicted molar refractivity (Wildman–Crippen MR) is 108 cm³/mol. The van der Waals surface area contributed by atoms with E-state index >= 15 is 0 Å². The van der Waals surface area contributed by atoms with Gasteiger partial charge in [-0.05, 0) is 30.5 Å². The Morgan fingerprint density at radius 2 is 1.58 bits per heavy atom. The Bertz CT molecular complexity index is 711. The Morgan fingerprint density at radius 1 is 0.923 bits per heavy atom. The number of nitrogens with zero attached hydrogens (tertiary/aromatic N) is 2. The summed E-state index contributed by atoms with van der Waals surface area (Å²) in [6.07, 6.45) is 1.91. The molecule has 0 aromatic heterocycles. The Morgan fingerprint density at radius 3 is 2.23 bits per heavy atom. The minimum Gasteiger partial charge on any atom is -0.366 e. The van der Waals surface area contributed by atoms with Gasteiger partial charge in [0, 0.05) is 32.7 Å². The normalized spacial score (nSPS) is 14.4. The lowest BCUT2D eigenvalue weighted by molar-refractivity contribution is 0.194. The van der Waals surface area contributed by atoms with Gasteiger partial charge in [0.05, 0.1) is 15.7 Å². The van der Waals surface area contributed by atoms with Crippen LogP contribution < -0.4 is 10.2 Å². The van der Waals surface area contributed by atoms with E-state index in [4.69, 9.17) is 23.2 Å². The largest absolute Gasteiger partial charge is 0.366 e. The number of aryl methyl sites for hydroxylation is 1. The first-order valence-corrected chi connectivity index (χ1v) is 9.66. The second-order valence-electron chi connectivity index (χ2n) is 6.37. The fourth-order valence-electron chi connectivity index (χ4n) is 3.17. The zero-order valence-corrected chi connectivity index (χ0v) is 16.1. The molecule has 138 valence electrons. The molecule has 6 heteroatoms. The van der Waals surface area contributed by atoms with E-state index in [1.807, 2.05) is 41.3 Å². The van der Waals surface area contributed by atoms with Gasteiger partial charge in [-0.15, -0.1) is 0 Å². The molecule has 0 unspecified atom stereocenters. The molecule has 1 saturated heterocycles. The van der Waals surface area contributed by atoms with Gasteiger partial charge in [-0.1, -0.05) is 59.6 Å². The van der Waals surface area contributed by atoms with Crippen molar-refractivity contribution in [3.63, 3.8) is 0 Å². The van der Waals surface area contributed by atoms with Crippen LogP contribution in [0.1, 0.15) is 12.0 Å². The number of rotatable bonds is 5. The molecule has 1 aliphatic rings. The van der Waals surface area contributed by atoms with Gasteiger partial charge in [-0.3, -0.25) is 0 Å². The molecule has 0 spiro atoms. The number of carbonyl (C=O) groups excluding carboxylic acids is 1. The minimum atomic E-state index is 0.00275. The number of benzene rings is 2. The number of carbonyl (C=O) groups is 1. The number of piperazine rings is 1. The minimum absolute atomic E-state index is 0.00275. The second kappa shape index (κ2) is 9.15. The fourth-order valence-corrected chi connectivity index (χ4v) is 3.81. The van der Waals surface area contributed by atoms with Crippen molar-refractivity contribution in [2.75, 3.05) is 37.6 Å². The molecule has 2 amide bonds. The number of hydrogen-bond donors (Lipinski definition) is 1. The highest BCUT2D eigenvalue weighted by Crippen LogP contribution is 2.33. The summed E-state index contributed by atoms with van der Waals surface area (Å²) in [5.74, 6) is 0. The smallest absolute Gasteiger partial charge is 0.317 e. The summed E-state index contributed by atoms with van der Waals surface area (Å²) in [6, 6.07) is 15.8. The van der Waals surface area contributed by atoms with Gasteiger partial charge in [-0.2, -0.15) is 0 Å². The SMILES string of the molecule is O=C(NCCCc1ccccc1)N1CCN(c2c(Cl)cccc2Cl)CC1. The maximum atomic E-state index is 12.3. The van der Waals surface area contributed by atoms with Crippen LogP contribution in [0.15, 0.2) is 48.5 Å². The third-order valence-corrected chi connectivity index (χ3v) is 5.19. The average Bonchev–Trinajstić information content (AvgIpc) is 2.66. The average molecular weight is 392 g/mol. The maximum Gasteiger partial charge on any atom is 0.317 e. The molecule has 1 N–H and O–H groups in total. The molecule has 0 bridgehead atoms. The molecule has 0 aliphatic carbocycles. The second-order valence-corrected chi connectivity index (χ2v) is 7.18. The number of para-hydroxylation sites is 1. The zero-order chi connectivity index (χ0) is 18.4. The lowest BCUT2D eigenvalue weighted by Crippen LogP contribution is -2.52. The molecule has 4 nitrogen and oxygen atoms in total. The van der Waals surface area contributed by atoms with E-state index in [0.717, 1.165) is 31.6 Å². The summed E-state index contributed by atoms with van der Waals surface area (Å²) in [6.45, 7) is 3.45. The van der Waals surface area contributed by atoms with Crippen LogP contribution in [0.4, 0.5) is 10.5 Å². The molecule has 1 heterocycles. The standard InChI is InChI=1S/C20H23Cl2N3O/c21-17-9-4-10-18(22)19(17)24-12-14-25(15-13-24)20(26)23-11-5-8-16-6-2-1-3-7-16/h1-4,6-7,9-10H,5,8,11-15H2,(H,23,26). The molecule has 0 radical (unpaired) electrons. The third-order valence-electron chi connectivity index (χ3n) is 4.58. The van der Waals surface area contributed by atoms with Crippen molar-refractivity contribution in [1.82, 2.24) is 10.2 Å². The summed E-state index contributed by atoms with van der Waals surface area (Å²) in [5.41, 5.74) is 2.16. The first kappa shape index (κ1) is 18.9. The van der Waals surface area contributed by atoms with Crippen LogP contribution in [0.3, 0.4) is 0 Å². The third kappa shape index (κ3) is 4.83. The lowest BCUT2D eigenvalue weighted by atomic mass is 10.1. The molecule has 0 atom stereocenters. The van der Waals surface area contributed by atoms with Gasteiger partial charge < -0.3 is 15.1 Å². The van der Waals surface area contributed by atoms with Gasteiger partial charge in [0.15, 0.2) is 0 Å². The van der Waals surface area contributed by atoms with E-state index in [2.05, 4.69) is 22.3 Å². The Hall–Kier alpha value is -1.91.